The number of rotatable bonds is 6. The molecule has 2 heterocycles. The molecule has 0 amide bonds. The maximum atomic E-state index is 9.49. The molecular weight excluding hydrogens is 410 g/mol. The molecule has 3 aromatic rings. The van der Waals surface area contributed by atoms with E-state index in [0.29, 0.717) is 34.4 Å². The summed E-state index contributed by atoms with van der Waals surface area (Å²) in [5.74, 6) is 3.72. The highest BCUT2D eigenvalue weighted by Gasteiger charge is 2.39. The van der Waals surface area contributed by atoms with Gasteiger partial charge in [0.25, 0.3) is 0 Å². The largest absolute Gasteiger partial charge is 0.354 e. The van der Waals surface area contributed by atoms with Gasteiger partial charge in [0.05, 0.1) is 16.9 Å². The molecule has 3 N–H and O–H groups in total. The van der Waals surface area contributed by atoms with E-state index in [-0.39, 0.29) is 0 Å². The second-order valence-corrected chi connectivity index (χ2v) is 9.10. The summed E-state index contributed by atoms with van der Waals surface area (Å²) in [6, 6.07) is 11.7. The van der Waals surface area contributed by atoms with Crippen molar-refractivity contribution in [2.45, 2.75) is 44.9 Å². The van der Waals surface area contributed by atoms with Gasteiger partial charge >= 0.3 is 0 Å². The molecule has 0 bridgehead atoms. The Morgan fingerprint density at radius 3 is 2.58 bits per heavy atom. The minimum Gasteiger partial charge on any atom is -0.354 e. The highest BCUT2D eigenvalue weighted by Crippen LogP contribution is 2.50. The third kappa shape index (κ3) is 4.56. The first-order valence-corrected chi connectivity index (χ1v) is 11.5. The average Bonchev–Trinajstić information content (AvgIpc) is 3.60. The normalized spacial score (nSPS) is 21.3. The number of fused-ring (bicyclic) bond motifs is 1. The maximum absolute atomic E-state index is 9.49. The van der Waals surface area contributed by atoms with E-state index in [1.165, 1.54) is 38.3 Å². The Hall–Kier alpha value is -3.79. The predicted molar refractivity (Wildman–Crippen MR) is 129 cm³/mol. The number of anilines is 4. The van der Waals surface area contributed by atoms with Crippen LogP contribution in [-0.4, -0.2) is 21.2 Å². The van der Waals surface area contributed by atoms with Crippen molar-refractivity contribution in [3.63, 3.8) is 0 Å². The molecule has 2 aliphatic rings. The van der Waals surface area contributed by atoms with E-state index < -0.39 is 0 Å². The Kier molecular flexibility index (Phi) is 5.74. The zero-order chi connectivity index (χ0) is 22.8. The van der Waals surface area contributed by atoms with E-state index in [2.05, 4.69) is 31.7 Å². The summed E-state index contributed by atoms with van der Waals surface area (Å²) in [5.41, 5.74) is 4.67. The standard InChI is InChI=1S/C26H27N7/c1-16-3-2-4-20(12-27)26(16)32-23-11-24(29-14-21(23)13-28)33-25-10-22(30-15-31-25)17-5-7-18-9-19(18)8-6-17/h2-4,10-11,13-15,17-19,28H,5-9H2,1H3,(H2,29,30,31,32,33). The van der Waals surface area contributed by atoms with Crippen molar-refractivity contribution in [2.24, 2.45) is 11.8 Å². The molecule has 2 aromatic heterocycles. The zero-order valence-electron chi connectivity index (χ0n) is 18.7. The fourth-order valence-electron chi connectivity index (χ4n) is 4.90. The van der Waals surface area contributed by atoms with E-state index in [4.69, 9.17) is 5.41 Å². The van der Waals surface area contributed by atoms with E-state index in [0.717, 1.165) is 28.8 Å². The Labute approximate surface area is 193 Å². The number of aromatic nitrogens is 3. The number of nitrogens with zero attached hydrogens (tertiary/aromatic N) is 4. The second-order valence-electron chi connectivity index (χ2n) is 9.10. The fourth-order valence-corrected chi connectivity index (χ4v) is 4.90. The van der Waals surface area contributed by atoms with Crippen LogP contribution < -0.4 is 10.6 Å². The molecule has 2 atom stereocenters. The van der Waals surface area contributed by atoms with Gasteiger partial charge in [0.15, 0.2) is 0 Å². The number of benzene rings is 1. The average molecular weight is 438 g/mol. The Morgan fingerprint density at radius 1 is 1.03 bits per heavy atom. The summed E-state index contributed by atoms with van der Waals surface area (Å²) in [5, 5.41) is 23.9. The van der Waals surface area contributed by atoms with Crippen LogP contribution >= 0.6 is 0 Å². The van der Waals surface area contributed by atoms with Gasteiger partial charge in [0.2, 0.25) is 0 Å². The molecule has 2 fully saturated rings. The molecular formula is C26H27N7. The molecule has 1 aromatic carbocycles. The summed E-state index contributed by atoms with van der Waals surface area (Å²) < 4.78 is 0. The van der Waals surface area contributed by atoms with E-state index in [1.54, 1.807) is 18.6 Å². The van der Waals surface area contributed by atoms with Crippen molar-refractivity contribution in [1.29, 1.82) is 10.7 Å². The van der Waals surface area contributed by atoms with E-state index >= 15 is 0 Å². The van der Waals surface area contributed by atoms with Crippen molar-refractivity contribution in [3.05, 3.63) is 65.2 Å². The van der Waals surface area contributed by atoms with Crippen molar-refractivity contribution in [3.8, 4) is 6.07 Å². The quantitative estimate of drug-likeness (QED) is 0.418. The van der Waals surface area contributed by atoms with Gasteiger partial charge < -0.3 is 16.0 Å². The van der Waals surface area contributed by atoms with Gasteiger partial charge in [0, 0.05) is 41.7 Å². The molecule has 0 aliphatic heterocycles. The van der Waals surface area contributed by atoms with Gasteiger partial charge in [-0.3, -0.25) is 0 Å². The third-order valence-electron chi connectivity index (χ3n) is 6.95. The molecule has 2 saturated carbocycles. The highest BCUT2D eigenvalue weighted by atomic mass is 15.1. The van der Waals surface area contributed by atoms with E-state index in [9.17, 15) is 5.26 Å². The molecule has 0 saturated heterocycles. The molecule has 0 radical (unpaired) electrons. The van der Waals surface area contributed by atoms with Gasteiger partial charge in [0.1, 0.15) is 24.0 Å². The van der Waals surface area contributed by atoms with Crippen LogP contribution in [0.25, 0.3) is 0 Å². The van der Waals surface area contributed by atoms with Gasteiger partial charge in [-0.15, -0.1) is 0 Å². The molecule has 7 heteroatoms. The van der Waals surface area contributed by atoms with Gasteiger partial charge in [-0.2, -0.15) is 5.26 Å². The van der Waals surface area contributed by atoms with Gasteiger partial charge in [-0.05, 0) is 62.5 Å². The summed E-state index contributed by atoms with van der Waals surface area (Å²) in [6.45, 7) is 1.95. The van der Waals surface area contributed by atoms with Crippen molar-refractivity contribution >= 4 is 29.2 Å². The molecule has 7 nitrogen and oxygen atoms in total. The van der Waals surface area contributed by atoms with Crippen LogP contribution in [0.3, 0.4) is 0 Å². The lowest BCUT2D eigenvalue weighted by molar-refractivity contribution is 0.543. The van der Waals surface area contributed by atoms with Crippen LogP contribution in [0.4, 0.5) is 23.0 Å². The van der Waals surface area contributed by atoms with Crippen LogP contribution in [0.2, 0.25) is 0 Å². The second kappa shape index (κ2) is 8.99. The number of hydrogen-bond donors (Lipinski definition) is 3. The lowest BCUT2D eigenvalue weighted by Crippen LogP contribution is -2.05. The first kappa shape index (κ1) is 21.1. The number of aryl methyl sites for hydroxylation is 1. The first-order chi connectivity index (χ1) is 16.1. The van der Waals surface area contributed by atoms with Gasteiger partial charge in [-0.1, -0.05) is 12.1 Å². The van der Waals surface area contributed by atoms with Crippen LogP contribution in [-0.2, 0) is 0 Å². The summed E-state index contributed by atoms with van der Waals surface area (Å²) in [7, 11) is 0. The SMILES string of the molecule is Cc1cccc(C#N)c1Nc1cc(Nc2cc(C3CCC4CC4CC3)ncn2)ncc1C=N. The summed E-state index contributed by atoms with van der Waals surface area (Å²) >= 11 is 0. The lowest BCUT2D eigenvalue weighted by Gasteiger charge is -2.16. The minimum absolute atomic E-state index is 0.497. The highest BCUT2D eigenvalue weighted by molar-refractivity contribution is 5.89. The Morgan fingerprint density at radius 2 is 1.82 bits per heavy atom. The number of para-hydroxylation sites is 1. The number of pyridine rings is 1. The predicted octanol–water partition coefficient (Wildman–Crippen LogP) is 5.83. The third-order valence-corrected chi connectivity index (χ3v) is 6.95. The van der Waals surface area contributed by atoms with Crippen molar-refractivity contribution in [2.75, 3.05) is 10.6 Å². The topological polar surface area (TPSA) is 110 Å². The number of nitrogens with one attached hydrogen (secondary N) is 3. The Balaban J connectivity index is 1.37. The molecule has 2 unspecified atom stereocenters. The lowest BCUT2D eigenvalue weighted by atomic mass is 9.94. The summed E-state index contributed by atoms with van der Waals surface area (Å²) in [4.78, 5) is 13.4. The Bertz CT molecular complexity index is 1220. The molecule has 2 aliphatic carbocycles. The van der Waals surface area contributed by atoms with Gasteiger partial charge in [-0.25, -0.2) is 15.0 Å². The van der Waals surface area contributed by atoms with Crippen LogP contribution in [0.5, 0.6) is 0 Å². The molecule has 5 rings (SSSR count). The van der Waals surface area contributed by atoms with Crippen LogP contribution in [0.1, 0.15) is 60.4 Å². The monoisotopic (exact) mass is 437 g/mol. The molecule has 166 valence electrons. The van der Waals surface area contributed by atoms with Crippen molar-refractivity contribution in [1.82, 2.24) is 15.0 Å². The zero-order valence-corrected chi connectivity index (χ0v) is 18.7. The van der Waals surface area contributed by atoms with Crippen LogP contribution in [0, 0.1) is 35.5 Å². The molecule has 33 heavy (non-hydrogen) atoms. The minimum atomic E-state index is 0.497. The number of nitriles is 1. The summed E-state index contributed by atoms with van der Waals surface area (Å²) in [6.07, 6.45) is 11.0. The van der Waals surface area contributed by atoms with Crippen molar-refractivity contribution < 1.29 is 0 Å². The maximum Gasteiger partial charge on any atom is 0.135 e. The molecule has 0 spiro atoms. The van der Waals surface area contributed by atoms with E-state index in [1.807, 2.05) is 31.2 Å². The smallest absolute Gasteiger partial charge is 0.135 e. The van der Waals surface area contributed by atoms with Crippen LogP contribution in [0.15, 0.2) is 42.9 Å². The first-order valence-electron chi connectivity index (χ1n) is 11.5. The number of hydrogen-bond acceptors (Lipinski definition) is 7. The fraction of sp³-hybridized carbons (Fsp3) is 0.346.